The van der Waals surface area contributed by atoms with Gasteiger partial charge in [0, 0.05) is 36.9 Å². The van der Waals surface area contributed by atoms with Crippen LogP contribution in [-0.2, 0) is 0 Å². The molecule has 1 heterocycles. The number of Topliss-reactive ketones (excluding diaryl/α,β-unsaturated/α-hetero) is 1. The Bertz CT molecular complexity index is 447. The van der Waals surface area contributed by atoms with Crippen molar-refractivity contribution >= 4 is 11.5 Å². The van der Waals surface area contributed by atoms with Gasteiger partial charge in [0.05, 0.1) is 0 Å². The molecule has 0 spiro atoms. The predicted octanol–water partition coefficient (Wildman–Crippen LogP) is 1.36. The van der Waals surface area contributed by atoms with Gasteiger partial charge < -0.3 is 10.6 Å². The highest BCUT2D eigenvalue weighted by molar-refractivity contribution is 5.94. The first-order valence-corrected chi connectivity index (χ1v) is 6.88. The number of nitrogens with two attached hydrogens (primary N) is 1. The summed E-state index contributed by atoms with van der Waals surface area (Å²) in [5.74, 6) is 0.120. The number of carbonyl (C=O) groups excluding carboxylic acids is 1. The Kier molecular flexibility index (Phi) is 4.56. The van der Waals surface area contributed by atoms with Gasteiger partial charge in [-0.05, 0) is 39.1 Å². The molecular formula is C15H23N3O. The lowest BCUT2D eigenvalue weighted by Crippen LogP contribution is -2.52. The zero-order chi connectivity index (χ0) is 13.8. The molecule has 1 fully saturated rings. The van der Waals surface area contributed by atoms with Crippen molar-refractivity contribution in [3.05, 3.63) is 29.8 Å². The number of hydrogen-bond donors (Lipinski definition) is 1. The number of hydrogen-bond acceptors (Lipinski definition) is 4. The van der Waals surface area contributed by atoms with E-state index < -0.39 is 0 Å². The molecule has 1 unspecified atom stereocenters. The van der Waals surface area contributed by atoms with E-state index in [9.17, 15) is 4.79 Å². The predicted molar refractivity (Wildman–Crippen MR) is 78.7 cm³/mol. The first-order valence-electron chi connectivity index (χ1n) is 6.88. The number of carbonyl (C=O) groups is 1. The van der Waals surface area contributed by atoms with Crippen LogP contribution in [0.25, 0.3) is 0 Å². The highest BCUT2D eigenvalue weighted by atomic mass is 16.1. The molecule has 0 saturated carbocycles. The van der Waals surface area contributed by atoms with Crippen LogP contribution in [0.3, 0.4) is 0 Å². The van der Waals surface area contributed by atoms with Gasteiger partial charge in [-0.3, -0.25) is 9.69 Å². The zero-order valence-electron chi connectivity index (χ0n) is 11.8. The maximum absolute atomic E-state index is 11.5. The highest BCUT2D eigenvalue weighted by Gasteiger charge is 2.23. The third-order valence-corrected chi connectivity index (χ3v) is 3.89. The second kappa shape index (κ2) is 6.17. The average Bonchev–Trinajstić information content (AvgIpc) is 2.41. The van der Waals surface area contributed by atoms with Crippen LogP contribution in [0, 0.1) is 0 Å². The van der Waals surface area contributed by atoms with Crippen LogP contribution in [0.1, 0.15) is 23.7 Å². The summed E-state index contributed by atoms with van der Waals surface area (Å²) < 4.78 is 0. The Balaban J connectivity index is 2.13. The molecule has 0 aromatic heterocycles. The van der Waals surface area contributed by atoms with Gasteiger partial charge >= 0.3 is 0 Å². The van der Waals surface area contributed by atoms with E-state index in [0.717, 1.165) is 43.9 Å². The van der Waals surface area contributed by atoms with E-state index in [1.54, 1.807) is 6.92 Å². The third kappa shape index (κ3) is 3.33. The molecule has 0 radical (unpaired) electrons. The highest BCUT2D eigenvalue weighted by Crippen LogP contribution is 2.21. The molecule has 2 N–H and O–H groups in total. The minimum atomic E-state index is 0.120. The fourth-order valence-corrected chi connectivity index (χ4v) is 2.61. The first kappa shape index (κ1) is 14.0. The maximum Gasteiger partial charge on any atom is 0.159 e. The number of piperazine rings is 1. The monoisotopic (exact) mass is 261 g/mol. The average molecular weight is 261 g/mol. The summed E-state index contributed by atoms with van der Waals surface area (Å²) in [5, 5.41) is 0. The van der Waals surface area contributed by atoms with E-state index in [1.165, 1.54) is 0 Å². The lowest BCUT2D eigenvalue weighted by molar-refractivity contribution is 0.101. The van der Waals surface area contributed by atoms with Gasteiger partial charge in [0.25, 0.3) is 0 Å². The lowest BCUT2D eigenvalue weighted by atomic mass is 10.1. The lowest BCUT2D eigenvalue weighted by Gasteiger charge is -2.40. The Morgan fingerprint density at radius 1 is 1.42 bits per heavy atom. The minimum Gasteiger partial charge on any atom is -0.369 e. The molecule has 0 amide bonds. The summed E-state index contributed by atoms with van der Waals surface area (Å²) in [6, 6.07) is 8.41. The molecule has 1 aromatic rings. The van der Waals surface area contributed by atoms with Gasteiger partial charge in [-0.25, -0.2) is 0 Å². The molecule has 0 aliphatic carbocycles. The fraction of sp³-hybridized carbons (Fsp3) is 0.533. The van der Waals surface area contributed by atoms with Crippen LogP contribution in [0.15, 0.2) is 24.3 Å². The minimum absolute atomic E-state index is 0.120. The Morgan fingerprint density at radius 3 is 2.89 bits per heavy atom. The van der Waals surface area contributed by atoms with Crippen molar-refractivity contribution in [2.45, 2.75) is 19.4 Å². The summed E-state index contributed by atoms with van der Waals surface area (Å²) in [7, 11) is 2.16. The van der Waals surface area contributed by atoms with Crippen LogP contribution in [-0.4, -0.2) is 50.0 Å². The van der Waals surface area contributed by atoms with E-state index in [1.807, 2.05) is 18.2 Å². The number of likely N-dealkylation sites (N-methyl/N-ethyl adjacent to an activating group) is 1. The summed E-state index contributed by atoms with van der Waals surface area (Å²) in [6.07, 6.45) is 1.01. The van der Waals surface area contributed by atoms with Crippen molar-refractivity contribution in [3.63, 3.8) is 0 Å². The summed E-state index contributed by atoms with van der Waals surface area (Å²) >= 11 is 0. The van der Waals surface area contributed by atoms with E-state index in [-0.39, 0.29) is 5.78 Å². The molecular weight excluding hydrogens is 238 g/mol. The van der Waals surface area contributed by atoms with Gasteiger partial charge in [0.1, 0.15) is 0 Å². The zero-order valence-corrected chi connectivity index (χ0v) is 11.8. The van der Waals surface area contributed by atoms with Gasteiger partial charge in [0.2, 0.25) is 0 Å². The van der Waals surface area contributed by atoms with Crippen molar-refractivity contribution in [1.29, 1.82) is 0 Å². The van der Waals surface area contributed by atoms with Crippen LogP contribution >= 0.6 is 0 Å². The van der Waals surface area contributed by atoms with Crippen molar-refractivity contribution in [2.75, 3.05) is 38.1 Å². The second-order valence-corrected chi connectivity index (χ2v) is 5.26. The van der Waals surface area contributed by atoms with Gasteiger partial charge in [0.15, 0.2) is 5.78 Å². The smallest absolute Gasteiger partial charge is 0.159 e. The SMILES string of the molecule is CC(=O)c1cccc(N2CCN(C)C(CCN)C2)c1. The van der Waals surface area contributed by atoms with E-state index in [4.69, 9.17) is 5.73 Å². The third-order valence-electron chi connectivity index (χ3n) is 3.89. The van der Waals surface area contributed by atoms with Crippen LogP contribution < -0.4 is 10.6 Å². The molecule has 4 heteroatoms. The van der Waals surface area contributed by atoms with E-state index in [0.29, 0.717) is 6.04 Å². The molecule has 0 bridgehead atoms. The van der Waals surface area contributed by atoms with Crippen LogP contribution in [0.4, 0.5) is 5.69 Å². The van der Waals surface area contributed by atoms with E-state index in [2.05, 4.69) is 22.9 Å². The van der Waals surface area contributed by atoms with Crippen molar-refractivity contribution in [1.82, 2.24) is 4.90 Å². The number of anilines is 1. The van der Waals surface area contributed by atoms with Crippen LogP contribution in [0.5, 0.6) is 0 Å². The van der Waals surface area contributed by atoms with Crippen molar-refractivity contribution < 1.29 is 4.79 Å². The summed E-state index contributed by atoms with van der Waals surface area (Å²) in [4.78, 5) is 16.2. The van der Waals surface area contributed by atoms with Crippen LogP contribution in [0.2, 0.25) is 0 Å². The van der Waals surface area contributed by atoms with Gasteiger partial charge in [-0.1, -0.05) is 12.1 Å². The maximum atomic E-state index is 11.5. The number of rotatable bonds is 4. The fourth-order valence-electron chi connectivity index (χ4n) is 2.61. The number of ketones is 1. The standard InChI is InChI=1S/C15H23N3O/c1-12(19)13-4-3-5-14(10-13)18-9-8-17(2)15(11-18)6-7-16/h3-5,10,15H,6-9,11,16H2,1-2H3. The molecule has 1 saturated heterocycles. The van der Waals surface area contributed by atoms with Gasteiger partial charge in [-0.2, -0.15) is 0 Å². The molecule has 4 nitrogen and oxygen atoms in total. The number of benzene rings is 1. The molecule has 1 aliphatic heterocycles. The van der Waals surface area contributed by atoms with Crippen molar-refractivity contribution in [2.24, 2.45) is 5.73 Å². The molecule has 2 rings (SSSR count). The quantitative estimate of drug-likeness (QED) is 0.831. The Labute approximate surface area is 115 Å². The Morgan fingerprint density at radius 2 is 2.21 bits per heavy atom. The molecule has 104 valence electrons. The second-order valence-electron chi connectivity index (χ2n) is 5.26. The molecule has 1 aliphatic rings. The summed E-state index contributed by atoms with van der Waals surface area (Å²) in [6.45, 7) is 5.35. The number of nitrogens with zero attached hydrogens (tertiary/aromatic N) is 2. The van der Waals surface area contributed by atoms with Crippen molar-refractivity contribution in [3.8, 4) is 0 Å². The molecule has 1 aromatic carbocycles. The molecule has 19 heavy (non-hydrogen) atoms. The Hall–Kier alpha value is -1.39. The molecule has 1 atom stereocenters. The van der Waals surface area contributed by atoms with Gasteiger partial charge in [-0.15, -0.1) is 0 Å². The first-order chi connectivity index (χ1) is 9.11. The normalized spacial score (nSPS) is 20.6. The van der Waals surface area contributed by atoms with E-state index >= 15 is 0 Å². The topological polar surface area (TPSA) is 49.6 Å². The largest absolute Gasteiger partial charge is 0.369 e. The summed E-state index contributed by atoms with van der Waals surface area (Å²) in [5.41, 5.74) is 7.61.